The molecule has 0 amide bonds. The van der Waals surface area contributed by atoms with E-state index in [4.69, 9.17) is 19.1 Å². The van der Waals surface area contributed by atoms with E-state index in [2.05, 4.69) is 41.3 Å². The number of benzene rings is 3. The number of ether oxygens (including phenoxy) is 1. The molecule has 6 rings (SSSR count). The third-order valence-corrected chi connectivity index (χ3v) is 7.48. The van der Waals surface area contributed by atoms with Crippen LogP contribution in [0.4, 0.5) is 5.69 Å². The van der Waals surface area contributed by atoms with Gasteiger partial charge in [-0.25, -0.2) is 4.98 Å². The highest BCUT2D eigenvalue weighted by molar-refractivity contribution is 5.97. The molecule has 0 fully saturated rings. The quantitative estimate of drug-likeness (QED) is 0.144. The Balaban J connectivity index is 1.38. The van der Waals surface area contributed by atoms with Crippen LogP contribution in [0.15, 0.2) is 45.8 Å². The zero-order chi connectivity index (χ0) is 24.5. The summed E-state index contributed by atoms with van der Waals surface area (Å²) in [5.41, 5.74) is 6.96. The number of esters is 1. The first-order valence-corrected chi connectivity index (χ1v) is 13.4. The van der Waals surface area contributed by atoms with Gasteiger partial charge in [0.1, 0.15) is 11.2 Å². The lowest BCUT2D eigenvalue weighted by Gasteiger charge is -2.37. The summed E-state index contributed by atoms with van der Waals surface area (Å²) < 4.78 is 11.7. The van der Waals surface area contributed by atoms with Crippen LogP contribution in [0, 0.1) is 0 Å². The predicted molar refractivity (Wildman–Crippen MR) is 143 cm³/mol. The molecule has 0 N–H and O–H groups in total. The van der Waals surface area contributed by atoms with E-state index >= 15 is 0 Å². The number of rotatable bonds is 7. The van der Waals surface area contributed by atoms with Gasteiger partial charge in [-0.3, -0.25) is 9.79 Å². The van der Waals surface area contributed by atoms with E-state index in [-0.39, 0.29) is 5.97 Å². The molecule has 3 aliphatic heterocycles. The van der Waals surface area contributed by atoms with Gasteiger partial charge in [0.2, 0.25) is 0 Å². The minimum atomic E-state index is -0.111. The zero-order valence-corrected chi connectivity index (χ0v) is 21.0. The van der Waals surface area contributed by atoms with Crippen LogP contribution in [-0.2, 0) is 22.4 Å². The monoisotopic (exact) mass is 483 g/mol. The molecule has 0 aromatic heterocycles. The van der Waals surface area contributed by atoms with Crippen LogP contribution in [0.25, 0.3) is 33.3 Å². The summed E-state index contributed by atoms with van der Waals surface area (Å²) in [7, 11) is 0. The molecule has 1 aliphatic carbocycles. The van der Waals surface area contributed by atoms with Crippen molar-refractivity contribution in [3.63, 3.8) is 0 Å². The van der Waals surface area contributed by atoms with Crippen molar-refractivity contribution in [2.75, 3.05) is 31.1 Å². The molecule has 0 saturated carbocycles. The topological polar surface area (TPSA) is 67.9 Å². The van der Waals surface area contributed by atoms with Gasteiger partial charge in [0.25, 0.3) is 0 Å². The van der Waals surface area contributed by atoms with E-state index in [9.17, 15) is 4.79 Å². The van der Waals surface area contributed by atoms with E-state index < -0.39 is 0 Å². The second-order valence-corrected chi connectivity index (χ2v) is 9.90. The second kappa shape index (κ2) is 9.92. The van der Waals surface area contributed by atoms with E-state index in [1.54, 1.807) is 0 Å². The van der Waals surface area contributed by atoms with Gasteiger partial charge in [0, 0.05) is 54.1 Å². The van der Waals surface area contributed by atoms with Crippen molar-refractivity contribution in [2.24, 2.45) is 4.99 Å². The maximum atomic E-state index is 11.5. The highest BCUT2D eigenvalue weighted by Gasteiger charge is 2.28. The Morgan fingerprint density at radius 3 is 2.78 bits per heavy atom. The smallest absolute Gasteiger partial charge is 0.305 e. The zero-order valence-electron chi connectivity index (χ0n) is 21.0. The summed E-state index contributed by atoms with van der Waals surface area (Å²) in [6.07, 6.45) is 7.74. The molecule has 0 unspecified atom stereocenters. The summed E-state index contributed by atoms with van der Waals surface area (Å²) in [6, 6.07) is 12.7. The second-order valence-electron chi connectivity index (χ2n) is 9.90. The summed E-state index contributed by atoms with van der Waals surface area (Å²) in [5.74, 6) is 0.686. The third-order valence-electron chi connectivity index (χ3n) is 7.48. The van der Waals surface area contributed by atoms with Gasteiger partial charge in [-0.15, -0.1) is 0 Å². The summed E-state index contributed by atoms with van der Waals surface area (Å²) in [5, 5.41) is 3.13. The van der Waals surface area contributed by atoms with Crippen molar-refractivity contribution in [2.45, 2.75) is 58.3 Å². The number of hydrogen-bond acceptors (Lipinski definition) is 6. The number of unbranched alkanes of at least 4 members (excludes halogenated alkanes) is 2. The number of aromatic nitrogens is 1. The minimum absolute atomic E-state index is 0.111. The largest absolute Gasteiger partial charge is 0.466 e. The lowest BCUT2D eigenvalue weighted by Crippen LogP contribution is -2.34. The normalized spacial score (nSPS) is 15.6. The molecule has 6 heteroatoms. The lowest BCUT2D eigenvalue weighted by molar-refractivity contribution is -0.143. The predicted octanol–water partition coefficient (Wildman–Crippen LogP) is 5.81. The molecule has 3 heterocycles. The number of aryl methyl sites for hydroxylation is 2. The molecule has 0 spiro atoms. The average molecular weight is 484 g/mol. The molecule has 6 nitrogen and oxygen atoms in total. The molecule has 0 radical (unpaired) electrons. The van der Waals surface area contributed by atoms with E-state index in [1.807, 2.05) is 6.92 Å². The maximum Gasteiger partial charge on any atom is 0.305 e. The fourth-order valence-electron chi connectivity index (χ4n) is 5.87. The molecule has 36 heavy (non-hydrogen) atoms. The van der Waals surface area contributed by atoms with Crippen LogP contribution in [0.5, 0.6) is 0 Å². The molecular formula is C30H33N3O3. The van der Waals surface area contributed by atoms with E-state index in [1.165, 1.54) is 23.2 Å². The number of hydrogen-bond donors (Lipinski definition) is 0. The van der Waals surface area contributed by atoms with Gasteiger partial charge in [-0.1, -0.05) is 30.7 Å². The Morgan fingerprint density at radius 2 is 1.92 bits per heavy atom. The standard InChI is InChI=1S/C30H33N3O3/c1-2-35-27(34)14-4-3-7-15-31-24-19-26-28(22-12-6-5-11-21(22)24)32-25-18-20-10-8-16-33-17-9-13-23(29(20)33)30(25)36-26/h5-6,11-12,18-19H,2-4,7-10,13-17H2,1H3. The molecule has 4 aliphatic rings. The molecule has 0 atom stereocenters. The molecular weight excluding hydrogens is 450 g/mol. The summed E-state index contributed by atoms with van der Waals surface area (Å²) >= 11 is 0. The molecule has 2 aromatic rings. The molecule has 186 valence electrons. The fraction of sp³-hybridized carbons (Fsp3) is 0.433. The number of nitrogens with zero attached hydrogens (tertiary/aromatic N) is 3. The summed E-state index contributed by atoms with van der Waals surface area (Å²) in [4.78, 5) is 24.2. The fourth-order valence-corrected chi connectivity index (χ4v) is 5.87. The van der Waals surface area contributed by atoms with Gasteiger partial charge < -0.3 is 14.1 Å². The van der Waals surface area contributed by atoms with Gasteiger partial charge in [-0.05, 0) is 57.1 Å². The van der Waals surface area contributed by atoms with Crippen molar-refractivity contribution < 1.29 is 13.9 Å². The van der Waals surface area contributed by atoms with Crippen molar-refractivity contribution in [1.29, 1.82) is 0 Å². The Hall–Kier alpha value is -3.41. The Labute approximate surface area is 211 Å². The SMILES string of the molecule is CCOC(=O)CCCCCN=c1cc2oc3c4c5c(cc3nc-2c2ccccc12)CCCN5CCC4. The van der Waals surface area contributed by atoms with Gasteiger partial charge in [0.05, 0.1) is 12.0 Å². The number of fused-ring (bicyclic) bond motifs is 5. The number of anilines is 1. The molecule has 0 saturated heterocycles. The average Bonchev–Trinajstić information content (AvgIpc) is 2.90. The maximum absolute atomic E-state index is 11.5. The van der Waals surface area contributed by atoms with Crippen molar-refractivity contribution in [3.8, 4) is 11.5 Å². The van der Waals surface area contributed by atoms with Crippen LogP contribution in [0.3, 0.4) is 0 Å². The van der Waals surface area contributed by atoms with Crippen molar-refractivity contribution in [1.82, 2.24) is 4.98 Å². The Bertz CT molecular complexity index is 1470. The Kier molecular flexibility index (Phi) is 6.34. The van der Waals surface area contributed by atoms with Crippen molar-refractivity contribution >= 4 is 33.5 Å². The number of carbonyl (C=O) groups excluding carboxylic acids is 1. The first-order chi connectivity index (χ1) is 17.7. The highest BCUT2D eigenvalue weighted by Crippen LogP contribution is 2.41. The van der Waals surface area contributed by atoms with Crippen LogP contribution in [0.2, 0.25) is 0 Å². The first-order valence-electron chi connectivity index (χ1n) is 13.4. The highest BCUT2D eigenvalue weighted by atomic mass is 16.5. The van der Waals surface area contributed by atoms with E-state index in [0.717, 1.165) is 90.3 Å². The van der Waals surface area contributed by atoms with Crippen LogP contribution in [-0.4, -0.2) is 37.2 Å². The van der Waals surface area contributed by atoms with Gasteiger partial charge >= 0.3 is 5.97 Å². The Morgan fingerprint density at radius 1 is 1.08 bits per heavy atom. The number of carbonyl (C=O) groups is 1. The van der Waals surface area contributed by atoms with Crippen molar-refractivity contribution in [3.05, 3.63) is 52.9 Å². The van der Waals surface area contributed by atoms with Crippen LogP contribution >= 0.6 is 0 Å². The van der Waals surface area contributed by atoms with E-state index in [0.29, 0.717) is 19.6 Å². The van der Waals surface area contributed by atoms with Gasteiger partial charge in [-0.2, -0.15) is 0 Å². The molecule has 2 aromatic carbocycles. The lowest BCUT2D eigenvalue weighted by atomic mass is 9.91. The first kappa shape index (κ1) is 23.0. The van der Waals surface area contributed by atoms with Crippen LogP contribution < -0.4 is 10.3 Å². The molecule has 0 bridgehead atoms. The summed E-state index contributed by atoms with van der Waals surface area (Å²) in [6.45, 7) is 5.28. The minimum Gasteiger partial charge on any atom is -0.466 e. The third kappa shape index (κ3) is 4.23. The van der Waals surface area contributed by atoms with Gasteiger partial charge in [0.15, 0.2) is 11.3 Å². The van der Waals surface area contributed by atoms with Crippen LogP contribution in [0.1, 0.15) is 56.6 Å².